The Hall–Kier alpha value is -1.55. The van der Waals surface area contributed by atoms with Crippen LogP contribution in [-0.2, 0) is 4.79 Å². The monoisotopic (exact) mass is 330 g/mol. The highest BCUT2D eigenvalue weighted by Gasteiger charge is 2.44. The van der Waals surface area contributed by atoms with E-state index >= 15 is 0 Å². The second-order valence-corrected chi connectivity index (χ2v) is 7.84. The fourth-order valence-electron chi connectivity index (χ4n) is 4.45. The van der Waals surface area contributed by atoms with Crippen LogP contribution < -0.4 is 4.74 Å². The molecule has 4 nitrogen and oxygen atoms in total. The normalized spacial score (nSPS) is 28.9. The molecule has 0 aromatic heterocycles. The maximum absolute atomic E-state index is 12.5. The van der Waals surface area contributed by atoms with Gasteiger partial charge < -0.3 is 14.5 Å². The lowest BCUT2D eigenvalue weighted by Crippen LogP contribution is -2.39. The Morgan fingerprint density at radius 3 is 2.29 bits per heavy atom. The van der Waals surface area contributed by atoms with E-state index in [1.807, 2.05) is 43.1 Å². The number of aryl methyl sites for hydroxylation is 1. The molecule has 0 heterocycles. The molecule has 0 N–H and O–H groups in total. The van der Waals surface area contributed by atoms with Gasteiger partial charge in [-0.05, 0) is 76.2 Å². The van der Waals surface area contributed by atoms with Gasteiger partial charge in [-0.25, -0.2) is 0 Å². The summed E-state index contributed by atoms with van der Waals surface area (Å²) >= 11 is 0. The molecular formula is C20H30N2O2. The standard InChI is InChI=1S/C20H30N2O2/c1-14-6-5-7-19(8-14)24-13-20(23)22(4)18-11-15-9-17(21(2)3)10-16(15)12-18/h5-8,15-18H,9-13H2,1-4H3/t15-,16+,17?,18?. The highest BCUT2D eigenvalue weighted by molar-refractivity contribution is 5.77. The van der Waals surface area contributed by atoms with Crippen LogP contribution in [-0.4, -0.2) is 55.5 Å². The number of hydrogen-bond donors (Lipinski definition) is 0. The van der Waals surface area contributed by atoms with Gasteiger partial charge in [-0.3, -0.25) is 4.79 Å². The summed E-state index contributed by atoms with van der Waals surface area (Å²) in [5.74, 6) is 2.44. The van der Waals surface area contributed by atoms with Crippen molar-refractivity contribution in [1.82, 2.24) is 9.80 Å². The van der Waals surface area contributed by atoms with Gasteiger partial charge in [0.05, 0.1) is 0 Å². The van der Waals surface area contributed by atoms with Crippen molar-refractivity contribution in [2.75, 3.05) is 27.7 Å². The summed E-state index contributed by atoms with van der Waals surface area (Å²) in [5, 5.41) is 0. The Morgan fingerprint density at radius 2 is 1.71 bits per heavy atom. The van der Waals surface area contributed by atoms with Gasteiger partial charge in [0, 0.05) is 19.1 Å². The molecule has 4 heteroatoms. The highest BCUT2D eigenvalue weighted by Crippen LogP contribution is 2.46. The molecule has 4 atom stereocenters. The van der Waals surface area contributed by atoms with Crippen LogP contribution in [0, 0.1) is 18.8 Å². The summed E-state index contributed by atoms with van der Waals surface area (Å²) in [6.07, 6.45) is 4.88. The number of benzene rings is 1. The van der Waals surface area contributed by atoms with Gasteiger partial charge in [0.15, 0.2) is 6.61 Å². The highest BCUT2D eigenvalue weighted by atomic mass is 16.5. The first kappa shape index (κ1) is 17.3. The van der Waals surface area contributed by atoms with Crippen LogP contribution >= 0.6 is 0 Å². The quantitative estimate of drug-likeness (QED) is 0.832. The number of rotatable bonds is 5. The SMILES string of the molecule is Cc1cccc(OCC(=O)N(C)C2C[C@H]3CC(N(C)C)C[C@H]3C2)c1. The molecule has 2 aliphatic carbocycles. The zero-order valence-corrected chi connectivity index (χ0v) is 15.4. The molecule has 3 rings (SSSR count). The van der Waals surface area contributed by atoms with Crippen LogP contribution in [0.15, 0.2) is 24.3 Å². The van der Waals surface area contributed by atoms with Crippen molar-refractivity contribution in [2.45, 2.75) is 44.7 Å². The minimum absolute atomic E-state index is 0.0886. The number of carbonyl (C=O) groups is 1. The Labute approximate surface area is 145 Å². The van der Waals surface area contributed by atoms with Crippen molar-refractivity contribution in [3.63, 3.8) is 0 Å². The molecule has 1 aromatic rings. The predicted molar refractivity (Wildman–Crippen MR) is 96.2 cm³/mol. The van der Waals surface area contributed by atoms with Gasteiger partial charge in [-0.1, -0.05) is 12.1 Å². The minimum atomic E-state index is 0.0886. The fourth-order valence-corrected chi connectivity index (χ4v) is 4.45. The third kappa shape index (κ3) is 3.75. The van der Waals surface area contributed by atoms with Crippen LogP contribution in [0.5, 0.6) is 5.75 Å². The number of amides is 1. The van der Waals surface area contributed by atoms with Crippen LogP contribution in [0.2, 0.25) is 0 Å². The van der Waals surface area contributed by atoms with Crippen LogP contribution in [0.1, 0.15) is 31.2 Å². The second kappa shape index (κ2) is 7.14. The molecule has 0 radical (unpaired) electrons. The largest absolute Gasteiger partial charge is 0.484 e. The van der Waals surface area contributed by atoms with Gasteiger partial charge in [-0.2, -0.15) is 0 Å². The van der Waals surface area contributed by atoms with E-state index in [-0.39, 0.29) is 12.5 Å². The molecule has 0 bridgehead atoms. The molecule has 0 spiro atoms. The minimum Gasteiger partial charge on any atom is -0.484 e. The lowest BCUT2D eigenvalue weighted by Gasteiger charge is -2.27. The summed E-state index contributed by atoms with van der Waals surface area (Å²) < 4.78 is 5.67. The summed E-state index contributed by atoms with van der Waals surface area (Å²) in [6.45, 7) is 2.16. The molecule has 2 saturated carbocycles. The number of ether oxygens (including phenoxy) is 1. The molecule has 1 amide bonds. The van der Waals surface area contributed by atoms with Gasteiger partial charge >= 0.3 is 0 Å². The van der Waals surface area contributed by atoms with E-state index in [9.17, 15) is 4.79 Å². The molecule has 0 aliphatic heterocycles. The van der Waals surface area contributed by atoms with Crippen molar-refractivity contribution in [1.29, 1.82) is 0 Å². The molecule has 0 saturated heterocycles. The van der Waals surface area contributed by atoms with Crippen molar-refractivity contribution < 1.29 is 9.53 Å². The van der Waals surface area contributed by atoms with Crippen molar-refractivity contribution in [2.24, 2.45) is 11.8 Å². The maximum atomic E-state index is 12.5. The van der Waals surface area contributed by atoms with E-state index in [1.54, 1.807) is 0 Å². The van der Waals surface area contributed by atoms with Crippen molar-refractivity contribution >= 4 is 5.91 Å². The zero-order valence-electron chi connectivity index (χ0n) is 15.4. The molecule has 2 aliphatic rings. The van der Waals surface area contributed by atoms with Gasteiger partial charge in [0.2, 0.25) is 0 Å². The Kier molecular flexibility index (Phi) is 5.14. The summed E-state index contributed by atoms with van der Waals surface area (Å²) in [4.78, 5) is 16.8. The van der Waals surface area contributed by atoms with E-state index in [2.05, 4.69) is 19.0 Å². The number of fused-ring (bicyclic) bond motifs is 1. The number of nitrogens with zero attached hydrogens (tertiary/aromatic N) is 2. The number of hydrogen-bond acceptors (Lipinski definition) is 3. The average molecular weight is 330 g/mol. The van der Waals surface area contributed by atoms with Gasteiger partial charge in [0.1, 0.15) is 5.75 Å². The molecular weight excluding hydrogens is 300 g/mol. The Balaban J connectivity index is 1.49. The van der Waals surface area contributed by atoms with E-state index in [4.69, 9.17) is 4.74 Å². The summed E-state index contributed by atoms with van der Waals surface area (Å²) in [7, 11) is 6.31. The molecule has 1 aromatic carbocycles. The number of carbonyl (C=O) groups excluding carboxylic acids is 1. The van der Waals surface area contributed by atoms with Crippen molar-refractivity contribution in [3.8, 4) is 5.75 Å². The first-order valence-electron chi connectivity index (χ1n) is 9.05. The second-order valence-electron chi connectivity index (χ2n) is 7.84. The Morgan fingerprint density at radius 1 is 1.08 bits per heavy atom. The van der Waals surface area contributed by atoms with Crippen molar-refractivity contribution in [3.05, 3.63) is 29.8 Å². The first-order chi connectivity index (χ1) is 11.4. The summed E-state index contributed by atoms with van der Waals surface area (Å²) in [5.41, 5.74) is 1.15. The van der Waals surface area contributed by atoms with E-state index in [0.717, 1.165) is 42.0 Å². The third-order valence-electron chi connectivity index (χ3n) is 5.99. The Bertz CT molecular complexity index is 573. The van der Waals surface area contributed by atoms with E-state index in [0.29, 0.717) is 6.04 Å². The first-order valence-corrected chi connectivity index (χ1v) is 9.05. The van der Waals surface area contributed by atoms with Crippen LogP contribution in [0.4, 0.5) is 0 Å². The lowest BCUT2D eigenvalue weighted by atomic mass is 10.0. The predicted octanol–water partition coefficient (Wildman–Crippen LogP) is 2.95. The summed E-state index contributed by atoms with van der Waals surface area (Å²) in [6, 6.07) is 8.97. The molecule has 132 valence electrons. The fraction of sp³-hybridized carbons (Fsp3) is 0.650. The molecule has 24 heavy (non-hydrogen) atoms. The molecule has 2 unspecified atom stereocenters. The number of likely N-dealkylation sites (N-methyl/N-ethyl adjacent to an activating group) is 1. The smallest absolute Gasteiger partial charge is 0.260 e. The van der Waals surface area contributed by atoms with Gasteiger partial charge in [-0.15, -0.1) is 0 Å². The van der Waals surface area contributed by atoms with Crippen LogP contribution in [0.25, 0.3) is 0 Å². The average Bonchev–Trinajstić information content (AvgIpc) is 3.10. The van der Waals surface area contributed by atoms with Gasteiger partial charge in [0.25, 0.3) is 5.91 Å². The zero-order chi connectivity index (χ0) is 17.3. The molecule has 2 fully saturated rings. The third-order valence-corrected chi connectivity index (χ3v) is 5.99. The van der Waals surface area contributed by atoms with Crippen LogP contribution in [0.3, 0.4) is 0 Å². The van der Waals surface area contributed by atoms with E-state index in [1.165, 1.54) is 12.8 Å². The topological polar surface area (TPSA) is 32.8 Å². The lowest BCUT2D eigenvalue weighted by molar-refractivity contribution is -0.134. The maximum Gasteiger partial charge on any atom is 0.260 e. The van der Waals surface area contributed by atoms with E-state index < -0.39 is 0 Å².